The van der Waals surface area contributed by atoms with E-state index in [0.29, 0.717) is 24.6 Å². The van der Waals surface area contributed by atoms with E-state index in [2.05, 4.69) is 10.3 Å². The molecular weight excluding hydrogens is 326 g/mol. The summed E-state index contributed by atoms with van der Waals surface area (Å²) in [4.78, 5) is 4.28. The van der Waals surface area contributed by atoms with Crippen molar-refractivity contribution in [1.29, 1.82) is 0 Å². The second kappa shape index (κ2) is 8.36. The van der Waals surface area contributed by atoms with Gasteiger partial charge in [0.25, 0.3) is 0 Å². The third kappa shape index (κ3) is 6.07. The summed E-state index contributed by atoms with van der Waals surface area (Å²) in [6.07, 6.45) is 1.73. The van der Waals surface area contributed by atoms with E-state index >= 15 is 0 Å². The monoisotopic (exact) mass is 350 g/mol. The van der Waals surface area contributed by atoms with Gasteiger partial charge in [-0.05, 0) is 44.0 Å². The Kier molecular flexibility index (Phi) is 6.45. The molecule has 6 heteroatoms. The highest BCUT2D eigenvalue weighted by Gasteiger charge is 2.15. The van der Waals surface area contributed by atoms with Crippen LogP contribution in [0.25, 0.3) is 0 Å². The summed E-state index contributed by atoms with van der Waals surface area (Å²) < 4.78 is 37.4. The fraction of sp³-hybridized carbons (Fsp3) is 0.421. The van der Waals surface area contributed by atoms with Gasteiger partial charge in [-0.3, -0.25) is 0 Å². The summed E-state index contributed by atoms with van der Waals surface area (Å²) in [7, 11) is 1.56. The van der Waals surface area contributed by atoms with E-state index < -0.39 is 11.6 Å². The van der Waals surface area contributed by atoms with E-state index in [1.54, 1.807) is 19.4 Å². The molecule has 25 heavy (non-hydrogen) atoms. The molecule has 0 amide bonds. The minimum absolute atomic E-state index is 0.259. The molecule has 0 radical (unpaired) electrons. The minimum atomic E-state index is -0.870. The van der Waals surface area contributed by atoms with Crippen LogP contribution in [0.3, 0.4) is 0 Å². The van der Waals surface area contributed by atoms with Gasteiger partial charge >= 0.3 is 0 Å². The number of methoxy groups -OCH3 is 1. The van der Waals surface area contributed by atoms with Crippen LogP contribution in [0.4, 0.5) is 8.78 Å². The lowest BCUT2D eigenvalue weighted by atomic mass is 10.1. The summed E-state index contributed by atoms with van der Waals surface area (Å²) in [6, 6.07) is 7.32. The van der Waals surface area contributed by atoms with E-state index in [9.17, 15) is 8.78 Å². The minimum Gasteiger partial charge on any atom is -0.472 e. The van der Waals surface area contributed by atoms with Gasteiger partial charge in [0, 0.05) is 25.9 Å². The van der Waals surface area contributed by atoms with E-state index in [1.165, 1.54) is 6.07 Å². The summed E-state index contributed by atoms with van der Waals surface area (Å²) in [5.41, 5.74) is 1.27. The van der Waals surface area contributed by atoms with Gasteiger partial charge in [-0.15, -0.1) is 0 Å². The molecule has 0 aliphatic heterocycles. The first-order valence-electron chi connectivity index (χ1n) is 8.10. The Labute approximate surface area is 147 Å². The van der Waals surface area contributed by atoms with E-state index in [0.717, 1.165) is 11.6 Å². The van der Waals surface area contributed by atoms with Gasteiger partial charge < -0.3 is 14.8 Å². The molecule has 0 aliphatic rings. The number of aromatic nitrogens is 1. The molecule has 2 aromatic rings. The normalized spacial score (nSPS) is 12.9. The molecule has 1 unspecified atom stereocenters. The topological polar surface area (TPSA) is 43.4 Å². The fourth-order valence-corrected chi connectivity index (χ4v) is 2.30. The fourth-order valence-electron chi connectivity index (χ4n) is 2.30. The molecule has 0 saturated carbocycles. The average molecular weight is 350 g/mol. The molecule has 2 rings (SSSR count). The van der Waals surface area contributed by atoms with Crippen molar-refractivity contribution in [3.8, 4) is 5.88 Å². The van der Waals surface area contributed by atoms with Crippen LogP contribution in [0.15, 0.2) is 36.5 Å². The van der Waals surface area contributed by atoms with Gasteiger partial charge in [-0.2, -0.15) is 0 Å². The van der Waals surface area contributed by atoms with E-state index in [-0.39, 0.29) is 11.6 Å². The number of hydrogen-bond donors (Lipinski definition) is 1. The molecule has 1 aromatic carbocycles. The molecule has 1 aromatic heterocycles. The summed E-state index contributed by atoms with van der Waals surface area (Å²) in [5, 5.41) is 3.27. The van der Waals surface area contributed by atoms with Gasteiger partial charge in [0.2, 0.25) is 5.88 Å². The second-order valence-electron chi connectivity index (χ2n) is 6.78. The van der Waals surface area contributed by atoms with Crippen LogP contribution in [0.2, 0.25) is 0 Å². The maximum absolute atomic E-state index is 13.5. The molecule has 0 fully saturated rings. The zero-order valence-corrected chi connectivity index (χ0v) is 15.0. The van der Waals surface area contributed by atoms with Crippen LogP contribution in [0, 0.1) is 11.6 Å². The van der Waals surface area contributed by atoms with Gasteiger partial charge in [0.1, 0.15) is 5.60 Å². The zero-order valence-electron chi connectivity index (χ0n) is 15.0. The van der Waals surface area contributed by atoms with Crippen molar-refractivity contribution in [2.24, 2.45) is 0 Å². The van der Waals surface area contributed by atoms with Crippen LogP contribution in [-0.2, 0) is 11.3 Å². The lowest BCUT2D eigenvalue weighted by Gasteiger charge is -2.21. The quantitative estimate of drug-likeness (QED) is 0.819. The van der Waals surface area contributed by atoms with Crippen molar-refractivity contribution >= 4 is 0 Å². The third-order valence-electron chi connectivity index (χ3n) is 3.44. The Bertz CT molecular complexity index is 685. The smallest absolute Gasteiger partial charge is 0.213 e. The summed E-state index contributed by atoms with van der Waals surface area (Å²) >= 11 is 0. The number of rotatable bonds is 7. The highest BCUT2D eigenvalue weighted by molar-refractivity contribution is 5.22. The highest BCUT2D eigenvalue weighted by Crippen LogP contribution is 2.19. The Morgan fingerprint density at radius 1 is 1.12 bits per heavy atom. The van der Waals surface area contributed by atoms with Crippen molar-refractivity contribution < 1.29 is 18.3 Å². The number of nitrogens with one attached hydrogen (secondary N) is 1. The molecule has 0 bridgehead atoms. The first-order chi connectivity index (χ1) is 11.8. The maximum Gasteiger partial charge on any atom is 0.213 e. The SMILES string of the molecule is COCC(NCc1ccc(OC(C)(C)C)nc1)c1ccc(F)c(F)c1. The van der Waals surface area contributed by atoms with Crippen molar-refractivity contribution in [1.82, 2.24) is 10.3 Å². The number of nitrogens with zero attached hydrogens (tertiary/aromatic N) is 1. The molecule has 4 nitrogen and oxygen atoms in total. The lowest BCUT2D eigenvalue weighted by Crippen LogP contribution is -2.25. The summed E-state index contributed by atoms with van der Waals surface area (Å²) in [5.74, 6) is -1.17. The van der Waals surface area contributed by atoms with Crippen molar-refractivity contribution in [3.63, 3.8) is 0 Å². The first kappa shape index (κ1) is 19.3. The molecule has 1 atom stereocenters. The number of halogens is 2. The van der Waals surface area contributed by atoms with Crippen molar-refractivity contribution in [2.45, 2.75) is 39.0 Å². The van der Waals surface area contributed by atoms with Gasteiger partial charge in [0.05, 0.1) is 12.6 Å². The Balaban J connectivity index is 2.02. The van der Waals surface area contributed by atoms with Crippen LogP contribution in [0.5, 0.6) is 5.88 Å². The number of hydrogen-bond acceptors (Lipinski definition) is 4. The van der Waals surface area contributed by atoms with Crippen LogP contribution in [0.1, 0.15) is 37.9 Å². The van der Waals surface area contributed by atoms with Crippen molar-refractivity contribution in [3.05, 3.63) is 59.3 Å². The largest absolute Gasteiger partial charge is 0.472 e. The third-order valence-corrected chi connectivity index (χ3v) is 3.44. The van der Waals surface area contributed by atoms with E-state index in [1.807, 2.05) is 32.9 Å². The number of pyridine rings is 1. The summed E-state index contributed by atoms with van der Waals surface area (Å²) in [6.45, 7) is 6.73. The molecule has 1 heterocycles. The average Bonchev–Trinajstić information content (AvgIpc) is 2.54. The van der Waals surface area contributed by atoms with Crippen LogP contribution < -0.4 is 10.1 Å². The van der Waals surface area contributed by atoms with Gasteiger partial charge in [-0.25, -0.2) is 13.8 Å². The maximum atomic E-state index is 13.5. The predicted octanol–water partition coefficient (Wildman–Crippen LogP) is 4.01. The Hall–Kier alpha value is -2.05. The van der Waals surface area contributed by atoms with Gasteiger partial charge in [0.15, 0.2) is 11.6 Å². The molecule has 0 saturated heterocycles. The highest BCUT2D eigenvalue weighted by atomic mass is 19.2. The lowest BCUT2D eigenvalue weighted by molar-refractivity contribution is 0.124. The number of benzene rings is 1. The molecule has 1 N–H and O–H groups in total. The molecule has 0 spiro atoms. The molecule has 136 valence electrons. The second-order valence-corrected chi connectivity index (χ2v) is 6.78. The van der Waals surface area contributed by atoms with Crippen LogP contribution in [-0.4, -0.2) is 24.3 Å². The molecule has 0 aliphatic carbocycles. The predicted molar refractivity (Wildman–Crippen MR) is 92.4 cm³/mol. The van der Waals surface area contributed by atoms with Crippen LogP contribution >= 0.6 is 0 Å². The van der Waals surface area contributed by atoms with E-state index in [4.69, 9.17) is 9.47 Å². The zero-order chi connectivity index (χ0) is 18.4. The van der Waals surface area contributed by atoms with Crippen molar-refractivity contribution in [2.75, 3.05) is 13.7 Å². The Morgan fingerprint density at radius 3 is 2.44 bits per heavy atom. The Morgan fingerprint density at radius 2 is 1.88 bits per heavy atom. The molecular formula is C19H24F2N2O2. The number of ether oxygens (including phenoxy) is 2. The first-order valence-corrected chi connectivity index (χ1v) is 8.10. The van der Waals surface area contributed by atoms with Gasteiger partial charge in [-0.1, -0.05) is 12.1 Å². The standard InChI is InChI=1S/C19H24F2N2O2/c1-19(2,3)25-18-8-5-13(11-23-18)10-22-17(12-24-4)14-6-7-15(20)16(21)9-14/h5-9,11,17,22H,10,12H2,1-4H3.